The molecule has 2 rings (SSSR count). The van der Waals surface area contributed by atoms with Crippen LogP contribution in [0.25, 0.3) is 11.0 Å². The van der Waals surface area contributed by atoms with Gasteiger partial charge in [-0.05, 0) is 50.0 Å². The summed E-state index contributed by atoms with van der Waals surface area (Å²) in [4.78, 5) is 11.3. The van der Waals surface area contributed by atoms with Gasteiger partial charge in [-0.25, -0.2) is 4.79 Å². The average Bonchev–Trinajstić information content (AvgIpc) is 2.50. The number of phenols is 1. The van der Waals surface area contributed by atoms with E-state index in [1.54, 1.807) is 18.2 Å². The molecule has 1 heterocycles. The monoisotopic (exact) mass is 316 g/mol. The number of benzene rings is 1. The predicted octanol–water partition coefficient (Wildman–Crippen LogP) is 4.65. The standard InChI is InChI=1S/C19H24O4/c1-13(2)5-4-6-14(3)11-12-22-16-9-7-15-8-10-17(20)23-19(15)18(16)21/h7-11,13,21H,4-6,12H2,1-3H3/b14-11+. The zero-order valence-corrected chi connectivity index (χ0v) is 14.0. The van der Waals surface area contributed by atoms with Crippen LogP contribution in [0, 0.1) is 5.92 Å². The van der Waals surface area contributed by atoms with Crippen molar-refractivity contribution in [2.45, 2.75) is 40.0 Å². The van der Waals surface area contributed by atoms with E-state index < -0.39 is 5.63 Å². The summed E-state index contributed by atoms with van der Waals surface area (Å²) in [5, 5.41) is 10.8. The summed E-state index contributed by atoms with van der Waals surface area (Å²) in [7, 11) is 0. The van der Waals surface area contributed by atoms with Crippen LogP contribution >= 0.6 is 0 Å². The molecule has 0 saturated carbocycles. The third kappa shape index (κ3) is 4.88. The SMILES string of the molecule is C/C(=C\COc1ccc2ccc(=O)oc2c1O)CCCC(C)C. The minimum atomic E-state index is -0.495. The molecule has 0 saturated heterocycles. The number of phenolic OH excluding ortho intramolecular Hbond substituents is 1. The van der Waals surface area contributed by atoms with Gasteiger partial charge in [-0.1, -0.05) is 25.8 Å². The number of ether oxygens (including phenoxy) is 1. The topological polar surface area (TPSA) is 59.7 Å². The Hall–Kier alpha value is -2.23. The highest BCUT2D eigenvalue weighted by Crippen LogP contribution is 2.33. The van der Waals surface area contributed by atoms with Crippen LogP contribution in [-0.4, -0.2) is 11.7 Å². The third-order valence-electron chi connectivity index (χ3n) is 3.75. The first-order valence-corrected chi connectivity index (χ1v) is 8.01. The van der Waals surface area contributed by atoms with E-state index in [4.69, 9.17) is 9.15 Å². The van der Waals surface area contributed by atoms with Crippen molar-refractivity contribution in [2.75, 3.05) is 6.61 Å². The Kier molecular flexibility index (Phi) is 5.85. The van der Waals surface area contributed by atoms with E-state index in [9.17, 15) is 9.90 Å². The minimum Gasteiger partial charge on any atom is -0.502 e. The third-order valence-corrected chi connectivity index (χ3v) is 3.75. The van der Waals surface area contributed by atoms with E-state index in [1.165, 1.54) is 24.5 Å². The Labute approximate surface area is 136 Å². The summed E-state index contributed by atoms with van der Waals surface area (Å²) >= 11 is 0. The molecule has 0 radical (unpaired) electrons. The van der Waals surface area contributed by atoms with E-state index in [-0.39, 0.29) is 11.3 Å². The maximum absolute atomic E-state index is 11.3. The van der Waals surface area contributed by atoms with Crippen molar-refractivity contribution in [3.63, 3.8) is 0 Å². The predicted molar refractivity (Wildman–Crippen MR) is 92.1 cm³/mol. The van der Waals surface area contributed by atoms with Gasteiger partial charge in [0.1, 0.15) is 6.61 Å². The molecule has 23 heavy (non-hydrogen) atoms. The van der Waals surface area contributed by atoms with Crippen LogP contribution in [0.5, 0.6) is 11.5 Å². The number of hydrogen-bond donors (Lipinski definition) is 1. The summed E-state index contributed by atoms with van der Waals surface area (Å²) in [5.41, 5.74) is 0.941. The van der Waals surface area contributed by atoms with Crippen LogP contribution in [0.15, 0.2) is 45.1 Å². The lowest BCUT2D eigenvalue weighted by atomic mass is 10.0. The molecule has 1 N–H and O–H groups in total. The molecular weight excluding hydrogens is 292 g/mol. The van der Waals surface area contributed by atoms with Crippen molar-refractivity contribution in [1.29, 1.82) is 0 Å². The molecule has 0 atom stereocenters. The van der Waals surface area contributed by atoms with Gasteiger partial charge >= 0.3 is 5.63 Å². The Morgan fingerprint density at radius 2 is 2.04 bits per heavy atom. The lowest BCUT2D eigenvalue weighted by molar-refractivity contribution is 0.334. The van der Waals surface area contributed by atoms with E-state index >= 15 is 0 Å². The highest BCUT2D eigenvalue weighted by molar-refractivity contribution is 5.84. The maximum Gasteiger partial charge on any atom is 0.336 e. The van der Waals surface area contributed by atoms with Crippen LogP contribution in [0.3, 0.4) is 0 Å². The van der Waals surface area contributed by atoms with Gasteiger partial charge in [-0.15, -0.1) is 0 Å². The van der Waals surface area contributed by atoms with Crippen LogP contribution in [0.4, 0.5) is 0 Å². The number of rotatable bonds is 7. The van der Waals surface area contributed by atoms with Crippen molar-refractivity contribution in [1.82, 2.24) is 0 Å². The second kappa shape index (κ2) is 7.86. The highest BCUT2D eigenvalue weighted by Gasteiger charge is 2.10. The van der Waals surface area contributed by atoms with Crippen LogP contribution < -0.4 is 10.4 Å². The first-order valence-electron chi connectivity index (χ1n) is 8.01. The summed E-state index contributed by atoms with van der Waals surface area (Å²) in [6.07, 6.45) is 5.47. The van der Waals surface area contributed by atoms with E-state index in [2.05, 4.69) is 20.8 Å². The van der Waals surface area contributed by atoms with E-state index in [1.807, 2.05) is 6.08 Å². The molecule has 0 unspecified atom stereocenters. The van der Waals surface area contributed by atoms with Crippen LogP contribution in [-0.2, 0) is 0 Å². The fourth-order valence-corrected chi connectivity index (χ4v) is 2.38. The second-order valence-electron chi connectivity index (χ2n) is 6.23. The first kappa shape index (κ1) is 17.1. The summed E-state index contributed by atoms with van der Waals surface area (Å²) in [6.45, 7) is 6.92. The molecule has 4 heteroatoms. The molecular formula is C19H24O4. The minimum absolute atomic E-state index is 0.133. The van der Waals surface area contributed by atoms with Crippen molar-refractivity contribution in [2.24, 2.45) is 5.92 Å². The van der Waals surface area contributed by atoms with Gasteiger partial charge in [0.2, 0.25) is 5.75 Å². The normalized spacial score (nSPS) is 12.1. The number of aromatic hydroxyl groups is 1. The molecule has 0 aliphatic rings. The van der Waals surface area contributed by atoms with Crippen molar-refractivity contribution >= 4 is 11.0 Å². The highest BCUT2D eigenvalue weighted by atomic mass is 16.5. The fourth-order valence-electron chi connectivity index (χ4n) is 2.38. The van der Waals surface area contributed by atoms with Crippen molar-refractivity contribution < 1.29 is 14.3 Å². The van der Waals surface area contributed by atoms with Gasteiger partial charge in [-0.2, -0.15) is 0 Å². The van der Waals surface area contributed by atoms with Gasteiger partial charge in [0, 0.05) is 11.5 Å². The molecule has 0 aliphatic heterocycles. The van der Waals surface area contributed by atoms with Crippen molar-refractivity contribution in [3.8, 4) is 11.5 Å². The average molecular weight is 316 g/mol. The van der Waals surface area contributed by atoms with Gasteiger partial charge in [0.25, 0.3) is 0 Å². The first-order chi connectivity index (χ1) is 11.0. The smallest absolute Gasteiger partial charge is 0.336 e. The molecule has 2 aromatic rings. The largest absolute Gasteiger partial charge is 0.502 e. The maximum atomic E-state index is 11.3. The Bertz CT molecular complexity index is 741. The van der Waals surface area contributed by atoms with E-state index in [0.717, 1.165) is 12.3 Å². The lowest BCUT2D eigenvalue weighted by Crippen LogP contribution is -1.98. The van der Waals surface area contributed by atoms with Crippen LogP contribution in [0.2, 0.25) is 0 Å². The molecule has 1 aromatic heterocycles. The zero-order valence-electron chi connectivity index (χ0n) is 14.0. The molecule has 4 nitrogen and oxygen atoms in total. The fraction of sp³-hybridized carbons (Fsp3) is 0.421. The number of allylic oxidation sites excluding steroid dienone is 1. The molecule has 0 aliphatic carbocycles. The van der Waals surface area contributed by atoms with Crippen LogP contribution in [0.1, 0.15) is 40.0 Å². The summed E-state index contributed by atoms with van der Waals surface area (Å²) < 4.78 is 10.6. The Balaban J connectivity index is 1.99. The molecule has 0 fully saturated rings. The Morgan fingerprint density at radius 3 is 2.78 bits per heavy atom. The quantitative estimate of drug-likeness (QED) is 0.596. The molecule has 124 valence electrons. The van der Waals surface area contributed by atoms with Gasteiger partial charge < -0.3 is 14.3 Å². The zero-order chi connectivity index (χ0) is 16.8. The number of hydrogen-bond acceptors (Lipinski definition) is 4. The van der Waals surface area contributed by atoms with Crippen molar-refractivity contribution in [3.05, 3.63) is 46.3 Å². The Morgan fingerprint density at radius 1 is 1.30 bits per heavy atom. The summed E-state index contributed by atoms with van der Waals surface area (Å²) in [6, 6.07) is 6.38. The van der Waals surface area contributed by atoms with Gasteiger partial charge in [-0.3, -0.25) is 0 Å². The van der Waals surface area contributed by atoms with E-state index in [0.29, 0.717) is 17.7 Å². The lowest BCUT2D eigenvalue weighted by Gasteiger charge is -2.08. The van der Waals surface area contributed by atoms with Gasteiger partial charge in [0.15, 0.2) is 11.3 Å². The second-order valence-corrected chi connectivity index (χ2v) is 6.23. The summed E-state index contributed by atoms with van der Waals surface area (Å²) in [5.74, 6) is 0.910. The number of fused-ring (bicyclic) bond motifs is 1. The van der Waals surface area contributed by atoms with Gasteiger partial charge in [0.05, 0.1) is 0 Å². The molecule has 0 bridgehead atoms. The molecule has 0 spiro atoms. The molecule has 1 aromatic carbocycles. The molecule has 0 amide bonds.